The van der Waals surface area contributed by atoms with Gasteiger partial charge in [0.05, 0.1) is 6.21 Å². The fourth-order valence-electron chi connectivity index (χ4n) is 2.06. The third-order valence-corrected chi connectivity index (χ3v) is 3.35. The van der Waals surface area contributed by atoms with Crippen LogP contribution in [0.2, 0.25) is 0 Å². The van der Waals surface area contributed by atoms with Gasteiger partial charge in [0, 0.05) is 0 Å². The van der Waals surface area contributed by atoms with E-state index in [1.54, 1.807) is 6.21 Å². The standard InChI is InChI=1S/C20H22N2O2/c1-3-17-9-11-19(12-10-17)24-15-20(23)22-21-14-16(2)13-18-7-5-4-6-8-18/h4-14H,3,15H2,1-2H3,(H,22,23)/b16-13+,21-14+. The van der Waals surface area contributed by atoms with Crippen molar-refractivity contribution in [2.45, 2.75) is 20.3 Å². The van der Waals surface area contributed by atoms with Gasteiger partial charge in [-0.25, -0.2) is 5.43 Å². The van der Waals surface area contributed by atoms with E-state index in [-0.39, 0.29) is 12.5 Å². The summed E-state index contributed by atoms with van der Waals surface area (Å²) in [6, 6.07) is 17.6. The number of hydrogen-bond acceptors (Lipinski definition) is 3. The van der Waals surface area contributed by atoms with E-state index in [4.69, 9.17) is 4.74 Å². The molecule has 0 spiro atoms. The van der Waals surface area contributed by atoms with Gasteiger partial charge in [-0.1, -0.05) is 55.5 Å². The highest BCUT2D eigenvalue weighted by atomic mass is 16.5. The first-order chi connectivity index (χ1) is 11.7. The lowest BCUT2D eigenvalue weighted by molar-refractivity contribution is -0.123. The summed E-state index contributed by atoms with van der Waals surface area (Å²) in [7, 11) is 0. The van der Waals surface area contributed by atoms with Crippen molar-refractivity contribution in [2.75, 3.05) is 6.61 Å². The van der Waals surface area contributed by atoms with Gasteiger partial charge in [-0.05, 0) is 42.2 Å². The van der Waals surface area contributed by atoms with Gasteiger partial charge < -0.3 is 4.74 Å². The predicted molar refractivity (Wildman–Crippen MR) is 98.0 cm³/mol. The van der Waals surface area contributed by atoms with E-state index < -0.39 is 0 Å². The van der Waals surface area contributed by atoms with Crippen LogP contribution in [0.15, 0.2) is 65.3 Å². The summed E-state index contributed by atoms with van der Waals surface area (Å²) < 4.78 is 5.42. The van der Waals surface area contributed by atoms with Crippen molar-refractivity contribution in [3.8, 4) is 5.75 Å². The van der Waals surface area contributed by atoms with Crippen LogP contribution in [0.3, 0.4) is 0 Å². The first-order valence-corrected chi connectivity index (χ1v) is 7.94. The van der Waals surface area contributed by atoms with Crippen LogP contribution in [0.5, 0.6) is 5.75 Å². The number of amides is 1. The number of carbonyl (C=O) groups is 1. The van der Waals surface area contributed by atoms with Gasteiger partial charge >= 0.3 is 0 Å². The SMILES string of the molecule is CCc1ccc(OCC(=O)N/N=C/C(C)=C/c2ccccc2)cc1. The molecule has 1 amide bonds. The average Bonchev–Trinajstić information content (AvgIpc) is 2.61. The first-order valence-electron chi connectivity index (χ1n) is 7.94. The molecule has 0 radical (unpaired) electrons. The Morgan fingerprint density at radius 2 is 1.83 bits per heavy atom. The molecule has 0 aliphatic rings. The van der Waals surface area contributed by atoms with Crippen LogP contribution in [0.4, 0.5) is 0 Å². The van der Waals surface area contributed by atoms with Gasteiger partial charge in [0.25, 0.3) is 5.91 Å². The van der Waals surface area contributed by atoms with E-state index in [1.807, 2.05) is 67.6 Å². The van der Waals surface area contributed by atoms with Gasteiger partial charge in [0.15, 0.2) is 6.61 Å². The molecule has 0 bridgehead atoms. The number of hydrogen-bond donors (Lipinski definition) is 1. The van der Waals surface area contributed by atoms with Crippen molar-refractivity contribution < 1.29 is 9.53 Å². The third kappa shape index (κ3) is 6.08. The topological polar surface area (TPSA) is 50.7 Å². The smallest absolute Gasteiger partial charge is 0.277 e. The number of nitrogens with zero attached hydrogens (tertiary/aromatic N) is 1. The maximum atomic E-state index is 11.7. The van der Waals surface area contributed by atoms with E-state index in [0.717, 1.165) is 17.6 Å². The zero-order chi connectivity index (χ0) is 17.2. The molecule has 0 atom stereocenters. The average molecular weight is 322 g/mol. The second-order valence-corrected chi connectivity index (χ2v) is 5.38. The highest BCUT2D eigenvalue weighted by Gasteiger charge is 2.01. The van der Waals surface area contributed by atoms with Crippen molar-refractivity contribution in [3.05, 3.63) is 71.3 Å². The number of ether oxygens (including phenoxy) is 1. The molecule has 4 nitrogen and oxygen atoms in total. The van der Waals surface area contributed by atoms with E-state index >= 15 is 0 Å². The summed E-state index contributed by atoms with van der Waals surface area (Å²) in [6.07, 6.45) is 4.58. The highest BCUT2D eigenvalue weighted by molar-refractivity contribution is 5.86. The minimum Gasteiger partial charge on any atom is -0.484 e. The zero-order valence-corrected chi connectivity index (χ0v) is 14.0. The summed E-state index contributed by atoms with van der Waals surface area (Å²) in [5, 5.41) is 3.93. The molecule has 0 saturated carbocycles. The predicted octanol–water partition coefficient (Wildman–Crippen LogP) is 3.83. The number of nitrogens with one attached hydrogen (secondary N) is 1. The molecule has 4 heteroatoms. The quantitative estimate of drug-likeness (QED) is 0.622. The normalized spacial score (nSPS) is 11.5. The number of hydrazone groups is 1. The second kappa shape index (κ2) is 9.30. The molecule has 1 N–H and O–H groups in total. The lowest BCUT2D eigenvalue weighted by Crippen LogP contribution is -2.24. The number of rotatable bonds is 7. The van der Waals surface area contributed by atoms with Gasteiger partial charge in [0.2, 0.25) is 0 Å². The number of carbonyl (C=O) groups excluding carboxylic acids is 1. The Hall–Kier alpha value is -2.88. The van der Waals surface area contributed by atoms with Crippen LogP contribution >= 0.6 is 0 Å². The van der Waals surface area contributed by atoms with Crippen LogP contribution in [0, 0.1) is 0 Å². The van der Waals surface area contributed by atoms with E-state index in [0.29, 0.717) is 5.75 Å². The van der Waals surface area contributed by atoms with Crippen molar-refractivity contribution in [1.29, 1.82) is 0 Å². The summed E-state index contributed by atoms with van der Waals surface area (Å²) in [5.41, 5.74) is 5.72. The molecule has 0 heterocycles. The van der Waals surface area contributed by atoms with Crippen molar-refractivity contribution in [2.24, 2.45) is 5.10 Å². The van der Waals surface area contributed by atoms with Gasteiger partial charge in [0.1, 0.15) is 5.75 Å². The molecule has 2 aromatic rings. The highest BCUT2D eigenvalue weighted by Crippen LogP contribution is 2.12. The Bertz CT molecular complexity index is 704. The molecule has 0 aromatic heterocycles. The molecule has 0 saturated heterocycles. The first kappa shape index (κ1) is 17.5. The van der Waals surface area contributed by atoms with Crippen LogP contribution in [0.25, 0.3) is 6.08 Å². The molecular weight excluding hydrogens is 300 g/mol. The molecular formula is C20H22N2O2. The Labute approximate surface area is 142 Å². The minimum atomic E-state index is -0.293. The van der Waals surface area contributed by atoms with Crippen LogP contribution < -0.4 is 10.2 Å². The Kier molecular flexibility index (Phi) is 6.77. The maximum Gasteiger partial charge on any atom is 0.277 e. The van der Waals surface area contributed by atoms with Gasteiger partial charge in [-0.15, -0.1) is 0 Å². The molecule has 24 heavy (non-hydrogen) atoms. The largest absolute Gasteiger partial charge is 0.484 e. The number of benzene rings is 2. The molecule has 2 aromatic carbocycles. The molecule has 124 valence electrons. The van der Waals surface area contributed by atoms with Gasteiger partial charge in [-0.2, -0.15) is 5.10 Å². The second-order valence-electron chi connectivity index (χ2n) is 5.38. The summed E-state index contributed by atoms with van der Waals surface area (Å²) >= 11 is 0. The van der Waals surface area contributed by atoms with Crippen molar-refractivity contribution >= 4 is 18.2 Å². The Morgan fingerprint density at radius 1 is 1.12 bits per heavy atom. The van der Waals surface area contributed by atoms with E-state index in [2.05, 4.69) is 17.5 Å². The maximum absolute atomic E-state index is 11.7. The Morgan fingerprint density at radius 3 is 2.50 bits per heavy atom. The zero-order valence-electron chi connectivity index (χ0n) is 14.0. The lowest BCUT2D eigenvalue weighted by Gasteiger charge is -2.05. The molecule has 0 aliphatic heterocycles. The van der Waals surface area contributed by atoms with E-state index in [9.17, 15) is 4.79 Å². The molecule has 2 rings (SSSR count). The fourth-order valence-corrected chi connectivity index (χ4v) is 2.06. The summed E-state index contributed by atoms with van der Waals surface area (Å²) in [6.45, 7) is 3.95. The monoisotopic (exact) mass is 322 g/mol. The fraction of sp³-hybridized carbons (Fsp3) is 0.200. The van der Waals surface area contributed by atoms with Crippen LogP contribution in [-0.4, -0.2) is 18.7 Å². The number of allylic oxidation sites excluding steroid dienone is 1. The van der Waals surface area contributed by atoms with Crippen molar-refractivity contribution in [1.82, 2.24) is 5.43 Å². The molecule has 0 unspecified atom stereocenters. The summed E-state index contributed by atoms with van der Waals surface area (Å²) in [5.74, 6) is 0.379. The van der Waals surface area contributed by atoms with Crippen molar-refractivity contribution in [3.63, 3.8) is 0 Å². The van der Waals surface area contributed by atoms with Crippen LogP contribution in [-0.2, 0) is 11.2 Å². The minimum absolute atomic E-state index is 0.0652. The van der Waals surface area contributed by atoms with E-state index in [1.165, 1.54) is 5.56 Å². The van der Waals surface area contributed by atoms with Crippen LogP contribution in [0.1, 0.15) is 25.0 Å². The molecule has 0 aliphatic carbocycles. The molecule has 0 fully saturated rings. The number of aryl methyl sites for hydroxylation is 1. The third-order valence-electron chi connectivity index (χ3n) is 3.35. The van der Waals surface area contributed by atoms with Gasteiger partial charge in [-0.3, -0.25) is 4.79 Å². The Balaban J connectivity index is 1.76. The lowest BCUT2D eigenvalue weighted by atomic mass is 10.1. The summed E-state index contributed by atoms with van der Waals surface area (Å²) in [4.78, 5) is 11.7.